The summed E-state index contributed by atoms with van der Waals surface area (Å²) < 4.78 is 4.86. The van der Waals surface area contributed by atoms with Crippen molar-refractivity contribution in [2.24, 2.45) is 11.7 Å². The molecule has 0 bridgehead atoms. The third-order valence-corrected chi connectivity index (χ3v) is 2.35. The number of urea groups is 1. The minimum atomic E-state index is -0.981. The largest absolute Gasteiger partial charge is 0.452 e. The maximum atomic E-state index is 11.3. The lowest BCUT2D eigenvalue weighted by atomic mass is 9.86. The Balaban J connectivity index is 2.33. The van der Waals surface area contributed by atoms with E-state index in [1.807, 2.05) is 5.32 Å². The number of ether oxygens (including phenoxy) is 1. The minimum absolute atomic E-state index is 0.0890. The van der Waals surface area contributed by atoms with Gasteiger partial charge in [0, 0.05) is 0 Å². The van der Waals surface area contributed by atoms with Crippen LogP contribution in [-0.2, 0) is 14.3 Å². The van der Waals surface area contributed by atoms with Crippen LogP contribution < -0.4 is 11.1 Å². The summed E-state index contributed by atoms with van der Waals surface area (Å²) in [7, 11) is 0. The summed E-state index contributed by atoms with van der Waals surface area (Å²) in [6.07, 6.45) is 1.65. The van der Waals surface area contributed by atoms with Crippen molar-refractivity contribution in [2.75, 3.05) is 0 Å². The van der Waals surface area contributed by atoms with E-state index in [9.17, 15) is 14.4 Å². The smallest absolute Gasteiger partial charge is 0.318 e. The summed E-state index contributed by atoms with van der Waals surface area (Å²) in [5.41, 5.74) is 4.75. The van der Waals surface area contributed by atoms with Gasteiger partial charge in [-0.05, 0) is 19.8 Å². The first-order valence-corrected chi connectivity index (χ1v) is 4.81. The number of hydrogen-bond donors (Lipinski definition) is 2. The number of nitrogens with two attached hydrogens (primary N) is 1. The molecule has 1 atom stereocenters. The molecule has 0 saturated heterocycles. The summed E-state index contributed by atoms with van der Waals surface area (Å²) in [4.78, 5) is 32.8. The molecule has 0 aromatic rings. The van der Waals surface area contributed by atoms with Crippen molar-refractivity contribution >= 4 is 17.9 Å². The van der Waals surface area contributed by atoms with Gasteiger partial charge in [-0.1, -0.05) is 6.42 Å². The van der Waals surface area contributed by atoms with Gasteiger partial charge in [0.05, 0.1) is 5.92 Å². The van der Waals surface area contributed by atoms with Gasteiger partial charge in [-0.2, -0.15) is 0 Å². The maximum Gasteiger partial charge on any atom is 0.318 e. The lowest BCUT2D eigenvalue weighted by molar-refractivity contribution is -0.160. The van der Waals surface area contributed by atoms with E-state index in [4.69, 9.17) is 10.5 Å². The number of primary amides is 1. The fourth-order valence-corrected chi connectivity index (χ4v) is 1.19. The standard InChI is InChI=1S/C9H14N2O4/c1-5(7(12)11-9(10)14)15-8(13)6-3-2-4-6/h5-6H,2-4H2,1H3,(H3,10,11,12,14)/t5-/m0/s1. The van der Waals surface area contributed by atoms with E-state index in [1.54, 1.807) is 0 Å². The molecule has 0 unspecified atom stereocenters. The molecule has 0 heterocycles. The molecule has 3 N–H and O–H groups in total. The fourth-order valence-electron chi connectivity index (χ4n) is 1.19. The number of nitrogens with one attached hydrogen (secondary N) is 1. The number of imide groups is 1. The Labute approximate surface area is 87.1 Å². The highest BCUT2D eigenvalue weighted by Crippen LogP contribution is 2.27. The molecule has 0 aliphatic heterocycles. The first kappa shape index (κ1) is 11.5. The quantitative estimate of drug-likeness (QED) is 0.641. The second kappa shape index (κ2) is 4.77. The van der Waals surface area contributed by atoms with Crippen LogP contribution in [0.5, 0.6) is 0 Å². The molecule has 6 nitrogen and oxygen atoms in total. The molecule has 0 aromatic heterocycles. The Morgan fingerprint density at radius 3 is 2.40 bits per heavy atom. The van der Waals surface area contributed by atoms with E-state index in [1.165, 1.54) is 6.92 Å². The van der Waals surface area contributed by atoms with Crippen LogP contribution in [0.15, 0.2) is 0 Å². The van der Waals surface area contributed by atoms with Crippen molar-refractivity contribution in [3.63, 3.8) is 0 Å². The van der Waals surface area contributed by atoms with Crippen LogP contribution in [0.3, 0.4) is 0 Å². The molecule has 15 heavy (non-hydrogen) atoms. The van der Waals surface area contributed by atoms with E-state index in [0.717, 1.165) is 19.3 Å². The van der Waals surface area contributed by atoms with E-state index in [2.05, 4.69) is 0 Å². The van der Waals surface area contributed by atoms with Gasteiger partial charge in [0.1, 0.15) is 0 Å². The van der Waals surface area contributed by atoms with Crippen molar-refractivity contribution in [1.29, 1.82) is 0 Å². The van der Waals surface area contributed by atoms with Crippen LogP contribution in [0.2, 0.25) is 0 Å². The molecule has 0 spiro atoms. The Hall–Kier alpha value is -1.59. The van der Waals surface area contributed by atoms with Gasteiger partial charge in [-0.3, -0.25) is 14.9 Å². The van der Waals surface area contributed by atoms with Crippen LogP contribution >= 0.6 is 0 Å². The summed E-state index contributed by atoms with van der Waals surface area (Å²) in [5.74, 6) is -1.17. The average molecular weight is 214 g/mol. The van der Waals surface area contributed by atoms with E-state index in [-0.39, 0.29) is 11.9 Å². The summed E-state index contributed by atoms with van der Waals surface area (Å²) in [5, 5.41) is 1.85. The fraction of sp³-hybridized carbons (Fsp3) is 0.667. The average Bonchev–Trinajstić information content (AvgIpc) is 1.98. The first-order chi connectivity index (χ1) is 7.00. The van der Waals surface area contributed by atoms with Crippen LogP contribution in [0, 0.1) is 5.92 Å². The molecule has 6 heteroatoms. The summed E-state index contributed by atoms with van der Waals surface area (Å²) in [6, 6.07) is -0.952. The second-order valence-electron chi connectivity index (χ2n) is 3.56. The van der Waals surface area contributed by atoms with Crippen molar-refractivity contribution in [3.8, 4) is 0 Å². The van der Waals surface area contributed by atoms with Gasteiger partial charge in [0.25, 0.3) is 5.91 Å². The van der Waals surface area contributed by atoms with Gasteiger partial charge >= 0.3 is 12.0 Å². The zero-order chi connectivity index (χ0) is 11.4. The van der Waals surface area contributed by atoms with E-state index >= 15 is 0 Å². The van der Waals surface area contributed by atoms with Gasteiger partial charge in [-0.15, -0.1) is 0 Å². The third-order valence-electron chi connectivity index (χ3n) is 2.35. The van der Waals surface area contributed by atoms with Gasteiger partial charge < -0.3 is 10.5 Å². The summed E-state index contributed by atoms with van der Waals surface area (Å²) in [6.45, 7) is 1.40. The Morgan fingerprint density at radius 2 is 2.00 bits per heavy atom. The van der Waals surface area contributed by atoms with Gasteiger partial charge in [0.15, 0.2) is 6.10 Å². The van der Waals surface area contributed by atoms with E-state index in [0.29, 0.717) is 0 Å². The maximum absolute atomic E-state index is 11.3. The molecular weight excluding hydrogens is 200 g/mol. The number of carbonyl (C=O) groups is 3. The third kappa shape index (κ3) is 3.23. The van der Waals surface area contributed by atoms with E-state index < -0.39 is 18.0 Å². The number of amides is 3. The Kier molecular flexibility index (Phi) is 3.65. The van der Waals surface area contributed by atoms with Crippen molar-refractivity contribution in [2.45, 2.75) is 32.3 Å². The molecule has 1 aliphatic carbocycles. The zero-order valence-corrected chi connectivity index (χ0v) is 8.49. The predicted octanol–water partition coefficient (Wildman–Crippen LogP) is -0.0869. The van der Waals surface area contributed by atoms with Crippen LogP contribution in [0.4, 0.5) is 4.79 Å². The number of carbonyl (C=O) groups excluding carboxylic acids is 3. The first-order valence-electron chi connectivity index (χ1n) is 4.81. The lowest BCUT2D eigenvalue weighted by Crippen LogP contribution is -2.43. The lowest BCUT2D eigenvalue weighted by Gasteiger charge is -2.24. The minimum Gasteiger partial charge on any atom is -0.452 e. The van der Waals surface area contributed by atoms with Crippen LogP contribution in [0.25, 0.3) is 0 Å². The molecule has 0 radical (unpaired) electrons. The van der Waals surface area contributed by atoms with Crippen molar-refractivity contribution in [1.82, 2.24) is 5.32 Å². The molecule has 0 aromatic carbocycles. The number of hydrogen-bond acceptors (Lipinski definition) is 4. The van der Waals surface area contributed by atoms with Gasteiger partial charge in [-0.25, -0.2) is 4.79 Å². The van der Waals surface area contributed by atoms with Crippen LogP contribution in [0.1, 0.15) is 26.2 Å². The molecule has 84 valence electrons. The monoisotopic (exact) mass is 214 g/mol. The highest BCUT2D eigenvalue weighted by molar-refractivity contribution is 5.96. The molecule has 1 fully saturated rings. The zero-order valence-electron chi connectivity index (χ0n) is 8.49. The normalized spacial score (nSPS) is 17.4. The molecular formula is C9H14N2O4. The Morgan fingerprint density at radius 1 is 1.40 bits per heavy atom. The summed E-state index contributed by atoms with van der Waals surface area (Å²) >= 11 is 0. The number of rotatable bonds is 3. The molecule has 3 amide bonds. The number of esters is 1. The predicted molar refractivity (Wildman–Crippen MR) is 50.6 cm³/mol. The highest BCUT2D eigenvalue weighted by atomic mass is 16.5. The van der Waals surface area contributed by atoms with Crippen molar-refractivity contribution < 1.29 is 19.1 Å². The highest BCUT2D eigenvalue weighted by Gasteiger charge is 2.29. The molecule has 1 aliphatic rings. The molecule has 1 saturated carbocycles. The molecule has 1 rings (SSSR count). The SMILES string of the molecule is C[C@H](OC(=O)C1CCC1)C(=O)NC(N)=O. The Bertz CT molecular complexity index is 286. The second-order valence-corrected chi connectivity index (χ2v) is 3.56. The van der Waals surface area contributed by atoms with Crippen LogP contribution in [-0.4, -0.2) is 24.0 Å². The van der Waals surface area contributed by atoms with Crippen molar-refractivity contribution in [3.05, 3.63) is 0 Å². The van der Waals surface area contributed by atoms with Gasteiger partial charge in [0.2, 0.25) is 0 Å². The topological polar surface area (TPSA) is 98.5 Å².